The third-order valence-electron chi connectivity index (χ3n) is 2.95. The van der Waals surface area contributed by atoms with E-state index in [4.69, 9.17) is 0 Å². The van der Waals surface area contributed by atoms with Crippen LogP contribution in [0.15, 0.2) is 24.3 Å². The Morgan fingerprint density at radius 1 is 1.25 bits per heavy atom. The Bertz CT molecular complexity index is 420. The van der Waals surface area contributed by atoms with Crippen molar-refractivity contribution in [2.75, 3.05) is 43.9 Å². The van der Waals surface area contributed by atoms with Gasteiger partial charge < -0.3 is 20.9 Å². The van der Waals surface area contributed by atoms with Gasteiger partial charge in [0.15, 0.2) is 0 Å². The first kappa shape index (κ1) is 16.0. The largest absolute Gasteiger partial charge is 0.388 e. The summed E-state index contributed by atoms with van der Waals surface area (Å²) in [6.45, 7) is 1.59. The van der Waals surface area contributed by atoms with E-state index in [0.717, 1.165) is 17.8 Å². The fraction of sp³-hybridized carbons (Fsp3) is 0.429. The van der Waals surface area contributed by atoms with E-state index in [1.165, 1.54) is 0 Å². The Kier molecular flexibility index (Phi) is 7.13. The van der Waals surface area contributed by atoms with E-state index in [1.54, 1.807) is 11.9 Å². The lowest BCUT2D eigenvalue weighted by atomic mass is 10.2. The molecule has 110 valence electrons. The quantitative estimate of drug-likeness (QED) is 0.452. The molecule has 0 atom stereocenters. The van der Waals surface area contributed by atoms with Crippen molar-refractivity contribution in [2.45, 2.75) is 6.42 Å². The fourth-order valence-electron chi connectivity index (χ4n) is 1.68. The van der Waals surface area contributed by atoms with E-state index in [0.29, 0.717) is 19.5 Å². The van der Waals surface area contributed by atoms with Gasteiger partial charge in [0.05, 0.1) is 6.54 Å². The minimum Gasteiger partial charge on any atom is -0.388 e. The molecule has 0 saturated heterocycles. The summed E-state index contributed by atoms with van der Waals surface area (Å²) < 4.78 is 0. The Labute approximate surface area is 119 Å². The molecule has 20 heavy (non-hydrogen) atoms. The Morgan fingerprint density at radius 3 is 2.55 bits per heavy atom. The number of hydrogen-bond acceptors (Lipinski definition) is 4. The smallest absolute Gasteiger partial charge is 0.240 e. The SMILES string of the molecule is CNc1ccc(N(C)C(=O)CNCCCNC=O)cc1. The highest BCUT2D eigenvalue weighted by atomic mass is 16.2. The number of amides is 2. The number of hydrogen-bond donors (Lipinski definition) is 3. The van der Waals surface area contributed by atoms with Gasteiger partial charge in [-0.15, -0.1) is 0 Å². The van der Waals surface area contributed by atoms with Crippen LogP contribution in [0.1, 0.15) is 6.42 Å². The van der Waals surface area contributed by atoms with Gasteiger partial charge in [-0.2, -0.15) is 0 Å². The molecule has 0 heterocycles. The normalized spacial score (nSPS) is 9.90. The van der Waals surface area contributed by atoms with Crippen molar-refractivity contribution in [3.8, 4) is 0 Å². The van der Waals surface area contributed by atoms with Gasteiger partial charge in [-0.25, -0.2) is 0 Å². The molecule has 1 rings (SSSR count). The van der Waals surface area contributed by atoms with E-state index >= 15 is 0 Å². The zero-order valence-electron chi connectivity index (χ0n) is 12.0. The molecule has 1 aromatic carbocycles. The molecule has 0 bridgehead atoms. The summed E-state index contributed by atoms with van der Waals surface area (Å²) in [5.74, 6) is 0.00514. The molecule has 0 unspecified atom stereocenters. The van der Waals surface area contributed by atoms with Crippen LogP contribution in [0.25, 0.3) is 0 Å². The lowest BCUT2D eigenvalue weighted by Crippen LogP contribution is -2.36. The Hall–Kier alpha value is -2.08. The predicted octanol–water partition coefficient (Wildman–Crippen LogP) is 0.417. The van der Waals surface area contributed by atoms with E-state index in [1.807, 2.05) is 31.3 Å². The number of carbonyl (C=O) groups is 2. The lowest BCUT2D eigenvalue weighted by molar-refractivity contribution is -0.117. The molecule has 0 aliphatic heterocycles. The van der Waals surface area contributed by atoms with E-state index in [-0.39, 0.29) is 12.5 Å². The summed E-state index contributed by atoms with van der Waals surface area (Å²) in [7, 11) is 3.61. The first-order valence-electron chi connectivity index (χ1n) is 6.61. The van der Waals surface area contributed by atoms with Gasteiger partial charge in [0.2, 0.25) is 12.3 Å². The summed E-state index contributed by atoms with van der Waals surface area (Å²) in [6.07, 6.45) is 1.47. The van der Waals surface area contributed by atoms with Crippen molar-refractivity contribution < 1.29 is 9.59 Å². The summed E-state index contributed by atoms with van der Waals surface area (Å²) in [6, 6.07) is 7.66. The minimum absolute atomic E-state index is 0.00514. The summed E-state index contributed by atoms with van der Waals surface area (Å²) >= 11 is 0. The third-order valence-corrected chi connectivity index (χ3v) is 2.95. The maximum atomic E-state index is 12.0. The molecular formula is C14H22N4O2. The van der Waals surface area contributed by atoms with Crippen LogP contribution in [0.2, 0.25) is 0 Å². The summed E-state index contributed by atoms with van der Waals surface area (Å²) in [4.78, 5) is 23.6. The van der Waals surface area contributed by atoms with Gasteiger partial charge in [-0.1, -0.05) is 0 Å². The molecule has 0 aliphatic carbocycles. The van der Waals surface area contributed by atoms with E-state index < -0.39 is 0 Å². The van der Waals surface area contributed by atoms with Crippen molar-refractivity contribution in [2.24, 2.45) is 0 Å². The fourth-order valence-corrected chi connectivity index (χ4v) is 1.68. The van der Waals surface area contributed by atoms with Crippen molar-refractivity contribution in [1.29, 1.82) is 0 Å². The first-order valence-corrected chi connectivity index (χ1v) is 6.61. The molecule has 0 radical (unpaired) electrons. The topological polar surface area (TPSA) is 73.5 Å². The van der Waals surface area contributed by atoms with Crippen molar-refractivity contribution in [3.05, 3.63) is 24.3 Å². The van der Waals surface area contributed by atoms with Gasteiger partial charge in [-0.05, 0) is 37.2 Å². The number of anilines is 2. The average Bonchev–Trinajstić information content (AvgIpc) is 2.50. The zero-order valence-corrected chi connectivity index (χ0v) is 12.0. The van der Waals surface area contributed by atoms with Crippen LogP contribution in [0.5, 0.6) is 0 Å². The van der Waals surface area contributed by atoms with Gasteiger partial charge in [0.1, 0.15) is 0 Å². The molecule has 1 aromatic rings. The number of rotatable bonds is 9. The maximum Gasteiger partial charge on any atom is 0.240 e. The molecule has 2 amide bonds. The minimum atomic E-state index is 0.00514. The van der Waals surface area contributed by atoms with E-state index in [9.17, 15) is 9.59 Å². The number of nitrogens with one attached hydrogen (secondary N) is 3. The molecule has 0 aliphatic rings. The van der Waals surface area contributed by atoms with Crippen molar-refractivity contribution in [1.82, 2.24) is 10.6 Å². The van der Waals surface area contributed by atoms with Crippen LogP contribution in [0.3, 0.4) is 0 Å². The predicted molar refractivity (Wildman–Crippen MR) is 81.0 cm³/mol. The molecule has 0 spiro atoms. The van der Waals surface area contributed by atoms with Crippen LogP contribution >= 0.6 is 0 Å². The maximum absolute atomic E-state index is 12.0. The second-order valence-corrected chi connectivity index (χ2v) is 4.35. The van der Waals surface area contributed by atoms with Gasteiger partial charge in [0, 0.05) is 32.0 Å². The van der Waals surface area contributed by atoms with E-state index in [2.05, 4.69) is 16.0 Å². The number of likely N-dealkylation sites (N-methyl/N-ethyl adjacent to an activating group) is 1. The summed E-state index contributed by atoms with van der Waals surface area (Å²) in [5.41, 5.74) is 1.87. The number of nitrogens with zero attached hydrogens (tertiary/aromatic N) is 1. The van der Waals surface area contributed by atoms with Crippen LogP contribution < -0.4 is 20.9 Å². The molecule has 0 aromatic heterocycles. The second-order valence-electron chi connectivity index (χ2n) is 4.35. The van der Waals surface area contributed by atoms with Gasteiger partial charge in [-0.3, -0.25) is 9.59 Å². The molecule has 0 saturated carbocycles. The van der Waals surface area contributed by atoms with Gasteiger partial charge in [0.25, 0.3) is 0 Å². The molecule has 0 fully saturated rings. The number of benzene rings is 1. The van der Waals surface area contributed by atoms with Crippen LogP contribution in [0, 0.1) is 0 Å². The highest BCUT2D eigenvalue weighted by Gasteiger charge is 2.09. The summed E-state index contributed by atoms with van der Waals surface area (Å²) in [5, 5.41) is 8.67. The molecular weight excluding hydrogens is 256 g/mol. The van der Waals surface area contributed by atoms with Crippen molar-refractivity contribution in [3.63, 3.8) is 0 Å². The molecule has 6 nitrogen and oxygen atoms in total. The highest BCUT2D eigenvalue weighted by molar-refractivity contribution is 5.94. The van der Waals surface area contributed by atoms with Gasteiger partial charge >= 0.3 is 0 Å². The Morgan fingerprint density at radius 2 is 1.95 bits per heavy atom. The molecule has 6 heteroatoms. The zero-order chi connectivity index (χ0) is 14.8. The van der Waals surface area contributed by atoms with Crippen LogP contribution in [0.4, 0.5) is 11.4 Å². The van der Waals surface area contributed by atoms with Crippen LogP contribution in [-0.4, -0.2) is 46.0 Å². The first-order chi connectivity index (χ1) is 9.69. The highest BCUT2D eigenvalue weighted by Crippen LogP contribution is 2.16. The number of carbonyl (C=O) groups excluding carboxylic acids is 2. The second kappa shape index (κ2) is 8.92. The average molecular weight is 278 g/mol. The lowest BCUT2D eigenvalue weighted by Gasteiger charge is -2.18. The third kappa shape index (κ3) is 5.27. The Balaban J connectivity index is 2.32. The standard InChI is InChI=1S/C14H22N4O2/c1-15-12-4-6-13(7-5-12)18(2)14(20)10-16-8-3-9-17-11-19/h4-7,11,15-16H,3,8-10H2,1-2H3,(H,17,19). The van der Waals surface area contributed by atoms with Crippen LogP contribution in [-0.2, 0) is 9.59 Å². The molecule has 3 N–H and O–H groups in total. The van der Waals surface area contributed by atoms with Crippen molar-refractivity contribution >= 4 is 23.7 Å². The monoisotopic (exact) mass is 278 g/mol.